The average Bonchev–Trinajstić information content (AvgIpc) is 2.35. The number of para-hydroxylation sites is 1. The third-order valence-electron chi connectivity index (χ3n) is 2.35. The van der Waals surface area contributed by atoms with Crippen molar-refractivity contribution >= 4 is 22.6 Å². The van der Waals surface area contributed by atoms with E-state index in [4.69, 9.17) is 0 Å². The van der Waals surface area contributed by atoms with E-state index >= 15 is 0 Å². The van der Waals surface area contributed by atoms with Crippen LogP contribution in [0.3, 0.4) is 0 Å². The van der Waals surface area contributed by atoms with Crippen molar-refractivity contribution in [1.29, 1.82) is 0 Å². The summed E-state index contributed by atoms with van der Waals surface area (Å²) in [6.45, 7) is 1.48. The van der Waals surface area contributed by atoms with Gasteiger partial charge in [-0.15, -0.1) is 0 Å². The van der Waals surface area contributed by atoms with Crippen molar-refractivity contribution in [1.82, 2.24) is 10.3 Å². The highest BCUT2D eigenvalue weighted by Crippen LogP contribution is 2.12. The summed E-state index contributed by atoms with van der Waals surface area (Å²) in [5.74, 6) is -0.356. The molecule has 1 amide bonds. The van der Waals surface area contributed by atoms with Gasteiger partial charge in [0.05, 0.1) is 17.6 Å². The number of amides is 1. The van der Waals surface area contributed by atoms with Crippen LogP contribution < -0.4 is 5.32 Å². The number of rotatable bonds is 3. The summed E-state index contributed by atoms with van der Waals surface area (Å²) in [5, 5.41) is 3.44. The first-order valence-electron chi connectivity index (χ1n) is 5.29. The lowest BCUT2D eigenvalue weighted by molar-refractivity contribution is -0.116. The summed E-state index contributed by atoms with van der Waals surface area (Å²) in [5.41, 5.74) is 1.31. The number of pyridine rings is 1. The fourth-order valence-electron chi connectivity index (χ4n) is 1.50. The maximum absolute atomic E-state index is 11.7. The third kappa shape index (κ3) is 2.66. The zero-order valence-corrected chi connectivity index (χ0v) is 9.43. The molecule has 0 spiro atoms. The Bertz CT molecular complexity index is 578. The lowest BCUT2D eigenvalue weighted by Crippen LogP contribution is -2.28. The molecule has 0 aliphatic carbocycles. The Balaban J connectivity index is 2.24. The van der Waals surface area contributed by atoms with Crippen LogP contribution in [0.5, 0.6) is 0 Å². The topological polar surface area (TPSA) is 59.1 Å². The van der Waals surface area contributed by atoms with E-state index in [1.165, 1.54) is 13.1 Å². The van der Waals surface area contributed by atoms with Crippen molar-refractivity contribution in [2.75, 3.05) is 6.54 Å². The van der Waals surface area contributed by atoms with Crippen LogP contribution in [-0.4, -0.2) is 23.2 Å². The summed E-state index contributed by atoms with van der Waals surface area (Å²) in [6, 6.07) is 9.32. The summed E-state index contributed by atoms with van der Waals surface area (Å²) in [4.78, 5) is 26.6. The van der Waals surface area contributed by atoms with E-state index in [2.05, 4.69) is 10.3 Å². The van der Waals surface area contributed by atoms with Gasteiger partial charge in [-0.3, -0.25) is 14.6 Å². The van der Waals surface area contributed by atoms with E-state index < -0.39 is 0 Å². The number of hydrogen-bond acceptors (Lipinski definition) is 3. The number of nitrogens with zero attached hydrogens (tertiary/aromatic N) is 1. The Labute approximate surface area is 98.7 Å². The van der Waals surface area contributed by atoms with Gasteiger partial charge in [-0.25, -0.2) is 0 Å². The molecule has 1 heterocycles. The molecule has 4 nitrogen and oxygen atoms in total. The Hall–Kier alpha value is -2.23. The molecule has 1 aromatic carbocycles. The Morgan fingerprint density at radius 1 is 1.29 bits per heavy atom. The molecule has 0 aliphatic rings. The summed E-state index contributed by atoms with van der Waals surface area (Å²) >= 11 is 0. The number of hydrogen-bond donors (Lipinski definition) is 1. The number of nitrogens with one attached hydrogen (secondary N) is 1. The van der Waals surface area contributed by atoms with Crippen LogP contribution in [0.2, 0.25) is 0 Å². The van der Waals surface area contributed by atoms with Crippen LogP contribution in [0.15, 0.2) is 36.5 Å². The van der Waals surface area contributed by atoms with Crippen LogP contribution >= 0.6 is 0 Å². The minimum absolute atomic E-state index is 0.0473. The number of Topliss-reactive ketones (excluding diaryl/α,β-unsaturated/α-hetero) is 1. The molecule has 2 aromatic rings. The number of fused-ring (bicyclic) bond motifs is 1. The van der Waals surface area contributed by atoms with Gasteiger partial charge in [-0.1, -0.05) is 18.2 Å². The molecule has 0 unspecified atom stereocenters. The van der Waals surface area contributed by atoms with E-state index in [0.29, 0.717) is 5.56 Å². The number of carbonyl (C=O) groups is 2. The molecule has 0 saturated heterocycles. The second-order valence-electron chi connectivity index (χ2n) is 3.80. The molecule has 4 heteroatoms. The largest absolute Gasteiger partial charge is 0.345 e. The van der Waals surface area contributed by atoms with E-state index in [1.54, 1.807) is 6.07 Å². The Morgan fingerprint density at radius 2 is 2.06 bits per heavy atom. The molecule has 0 aliphatic heterocycles. The zero-order valence-electron chi connectivity index (χ0n) is 9.43. The van der Waals surface area contributed by atoms with Crippen molar-refractivity contribution in [3.05, 3.63) is 42.1 Å². The first-order chi connectivity index (χ1) is 8.16. The quantitative estimate of drug-likeness (QED) is 0.867. The normalized spacial score (nSPS) is 10.2. The highest BCUT2D eigenvalue weighted by atomic mass is 16.2. The maximum Gasteiger partial charge on any atom is 0.253 e. The monoisotopic (exact) mass is 228 g/mol. The minimum Gasteiger partial charge on any atom is -0.345 e. The van der Waals surface area contributed by atoms with Crippen LogP contribution in [0.1, 0.15) is 17.3 Å². The van der Waals surface area contributed by atoms with Crippen molar-refractivity contribution < 1.29 is 9.59 Å². The van der Waals surface area contributed by atoms with Gasteiger partial charge in [0.15, 0.2) is 0 Å². The Morgan fingerprint density at radius 3 is 2.82 bits per heavy atom. The van der Waals surface area contributed by atoms with Gasteiger partial charge in [0.2, 0.25) is 0 Å². The molecule has 0 fully saturated rings. The molecule has 1 aromatic heterocycles. The van der Waals surface area contributed by atoms with E-state index in [0.717, 1.165) is 10.9 Å². The van der Waals surface area contributed by atoms with E-state index in [-0.39, 0.29) is 18.2 Å². The average molecular weight is 228 g/mol. The number of ketones is 1. The summed E-state index contributed by atoms with van der Waals surface area (Å²) in [6.07, 6.45) is 1.51. The molecular formula is C13H12N2O2. The number of carbonyl (C=O) groups excluding carboxylic acids is 2. The van der Waals surface area contributed by atoms with Crippen molar-refractivity contribution in [3.63, 3.8) is 0 Å². The zero-order chi connectivity index (χ0) is 12.3. The molecule has 17 heavy (non-hydrogen) atoms. The van der Waals surface area contributed by atoms with Crippen LogP contribution in [-0.2, 0) is 4.79 Å². The van der Waals surface area contributed by atoms with Crippen LogP contribution in [0.25, 0.3) is 10.9 Å². The third-order valence-corrected chi connectivity index (χ3v) is 2.35. The first kappa shape index (κ1) is 11.3. The standard InChI is InChI=1S/C13H12N2O2/c1-9(16)7-15-13(17)11-6-10-4-2-3-5-12(10)14-8-11/h2-6,8H,7H2,1H3,(H,15,17). The van der Waals surface area contributed by atoms with Gasteiger partial charge in [-0.2, -0.15) is 0 Å². The van der Waals surface area contributed by atoms with Gasteiger partial charge in [0.1, 0.15) is 5.78 Å². The van der Waals surface area contributed by atoms with Gasteiger partial charge in [-0.05, 0) is 19.1 Å². The van der Waals surface area contributed by atoms with E-state index in [1.807, 2.05) is 24.3 Å². The molecular weight excluding hydrogens is 216 g/mol. The van der Waals surface area contributed by atoms with Crippen molar-refractivity contribution in [2.24, 2.45) is 0 Å². The first-order valence-corrected chi connectivity index (χ1v) is 5.29. The number of benzene rings is 1. The fraction of sp³-hybridized carbons (Fsp3) is 0.154. The molecule has 1 N–H and O–H groups in total. The highest BCUT2D eigenvalue weighted by molar-refractivity contribution is 5.98. The van der Waals surface area contributed by atoms with Gasteiger partial charge in [0, 0.05) is 11.6 Å². The molecule has 0 saturated carbocycles. The lowest BCUT2D eigenvalue weighted by atomic mass is 10.1. The predicted octanol–water partition coefficient (Wildman–Crippen LogP) is 1.55. The molecule has 2 rings (SSSR count). The molecule has 86 valence electrons. The van der Waals surface area contributed by atoms with Gasteiger partial charge in [0.25, 0.3) is 5.91 Å². The van der Waals surface area contributed by atoms with Gasteiger partial charge < -0.3 is 5.32 Å². The fourth-order valence-corrected chi connectivity index (χ4v) is 1.50. The summed E-state index contributed by atoms with van der Waals surface area (Å²) in [7, 11) is 0. The van der Waals surface area contributed by atoms with Crippen LogP contribution in [0.4, 0.5) is 0 Å². The predicted molar refractivity (Wildman–Crippen MR) is 64.8 cm³/mol. The second-order valence-corrected chi connectivity index (χ2v) is 3.80. The molecule has 0 atom stereocenters. The number of aromatic nitrogens is 1. The van der Waals surface area contributed by atoms with E-state index in [9.17, 15) is 9.59 Å². The minimum atomic E-state index is -0.279. The maximum atomic E-state index is 11.7. The SMILES string of the molecule is CC(=O)CNC(=O)c1cnc2ccccc2c1. The lowest BCUT2D eigenvalue weighted by Gasteiger charge is -2.03. The summed E-state index contributed by atoms with van der Waals surface area (Å²) < 4.78 is 0. The van der Waals surface area contributed by atoms with Crippen LogP contribution in [0, 0.1) is 0 Å². The highest BCUT2D eigenvalue weighted by Gasteiger charge is 2.07. The molecule has 0 bridgehead atoms. The van der Waals surface area contributed by atoms with Gasteiger partial charge >= 0.3 is 0 Å². The van der Waals surface area contributed by atoms with Crippen molar-refractivity contribution in [2.45, 2.75) is 6.92 Å². The second kappa shape index (κ2) is 4.74. The Kier molecular flexibility index (Phi) is 3.14. The van der Waals surface area contributed by atoms with Crippen molar-refractivity contribution in [3.8, 4) is 0 Å². The molecule has 0 radical (unpaired) electrons. The smallest absolute Gasteiger partial charge is 0.253 e.